The first-order chi connectivity index (χ1) is 6.70. The monoisotopic (exact) mass is 210 g/mol. The van der Waals surface area contributed by atoms with Gasteiger partial charge in [0, 0.05) is 34.8 Å². The van der Waals surface area contributed by atoms with Gasteiger partial charge in [-0.15, -0.1) is 0 Å². The van der Waals surface area contributed by atoms with Gasteiger partial charge in [0.05, 0.1) is 0 Å². The van der Waals surface area contributed by atoms with Crippen molar-refractivity contribution in [3.8, 4) is 0 Å². The maximum absolute atomic E-state index is 11.5. The van der Waals surface area contributed by atoms with Crippen LogP contribution in [-0.2, 0) is 10.8 Å². The van der Waals surface area contributed by atoms with Crippen LogP contribution in [-0.4, -0.2) is 22.0 Å². The molecule has 0 bridgehead atoms. The lowest BCUT2D eigenvalue weighted by molar-refractivity contribution is 0.0982. The normalized spacial score (nSPS) is 12.4. The van der Waals surface area contributed by atoms with Gasteiger partial charge in [0.1, 0.15) is 0 Å². The quantitative estimate of drug-likeness (QED) is 0.697. The second kappa shape index (κ2) is 5.70. The Hall–Kier alpha value is -0.960. The van der Waals surface area contributed by atoms with Crippen LogP contribution in [0.3, 0.4) is 0 Å². The van der Waals surface area contributed by atoms with Gasteiger partial charge in [0.15, 0.2) is 5.78 Å². The molecule has 14 heavy (non-hydrogen) atoms. The molecule has 0 amide bonds. The Morgan fingerprint density at radius 1 is 1.29 bits per heavy atom. The van der Waals surface area contributed by atoms with E-state index in [0.717, 1.165) is 5.56 Å². The Morgan fingerprint density at radius 3 is 2.50 bits per heavy atom. The number of carbonyl (C=O) groups excluding carboxylic acids is 1. The minimum absolute atomic E-state index is 0.135. The van der Waals surface area contributed by atoms with Crippen LogP contribution < -0.4 is 0 Å². The molecule has 0 N–H and O–H groups in total. The summed E-state index contributed by atoms with van der Waals surface area (Å²) in [5.74, 6) is 0.745. The Kier molecular flexibility index (Phi) is 4.53. The lowest BCUT2D eigenvalue weighted by atomic mass is 10.1. The highest BCUT2D eigenvalue weighted by atomic mass is 32.2. The summed E-state index contributed by atoms with van der Waals surface area (Å²) in [5, 5.41) is 0. The van der Waals surface area contributed by atoms with Crippen LogP contribution in [0.25, 0.3) is 0 Å². The predicted octanol–water partition coefficient (Wildman–Crippen LogP) is 2.03. The molecule has 1 unspecified atom stereocenters. The predicted molar refractivity (Wildman–Crippen MR) is 58.9 cm³/mol. The second-order valence-electron chi connectivity index (χ2n) is 3.17. The van der Waals surface area contributed by atoms with Crippen molar-refractivity contribution in [1.82, 2.24) is 0 Å². The number of Topliss-reactive ketones (excluding diaryl/α,β-unsaturated/α-hetero) is 1. The standard InChI is InChI=1S/C11H14O2S/c1-14(13)9-5-8-11(12)10-6-3-2-4-7-10/h2-4,6-7H,5,8-9H2,1H3. The molecule has 0 fully saturated rings. The van der Waals surface area contributed by atoms with Crippen molar-refractivity contribution < 1.29 is 9.00 Å². The summed E-state index contributed by atoms with van der Waals surface area (Å²) in [6, 6.07) is 9.21. The molecule has 1 rings (SSSR count). The van der Waals surface area contributed by atoms with E-state index >= 15 is 0 Å². The van der Waals surface area contributed by atoms with Gasteiger partial charge >= 0.3 is 0 Å². The van der Waals surface area contributed by atoms with Gasteiger partial charge in [0.25, 0.3) is 0 Å². The van der Waals surface area contributed by atoms with E-state index in [9.17, 15) is 9.00 Å². The van der Waals surface area contributed by atoms with Crippen molar-refractivity contribution in [3.63, 3.8) is 0 Å². The van der Waals surface area contributed by atoms with Crippen molar-refractivity contribution in [3.05, 3.63) is 35.9 Å². The summed E-state index contributed by atoms with van der Waals surface area (Å²) in [4.78, 5) is 11.5. The molecule has 1 aromatic rings. The van der Waals surface area contributed by atoms with Crippen LogP contribution in [0, 0.1) is 0 Å². The van der Waals surface area contributed by atoms with E-state index in [1.54, 1.807) is 6.26 Å². The SMILES string of the molecule is CS(=O)CCCC(=O)c1ccccc1. The van der Waals surface area contributed by atoms with E-state index in [2.05, 4.69) is 0 Å². The molecule has 0 saturated heterocycles. The minimum atomic E-state index is -0.791. The summed E-state index contributed by atoms with van der Waals surface area (Å²) >= 11 is 0. The molecule has 0 aliphatic heterocycles. The van der Waals surface area contributed by atoms with Gasteiger partial charge in [-0.25, -0.2) is 0 Å². The Labute approximate surface area is 86.8 Å². The van der Waals surface area contributed by atoms with Crippen molar-refractivity contribution in [2.45, 2.75) is 12.8 Å². The first kappa shape index (κ1) is 11.1. The summed E-state index contributed by atoms with van der Waals surface area (Å²) < 4.78 is 10.8. The molecular formula is C11H14O2S. The molecular weight excluding hydrogens is 196 g/mol. The molecule has 0 radical (unpaired) electrons. The zero-order chi connectivity index (χ0) is 10.4. The van der Waals surface area contributed by atoms with Gasteiger partial charge in [-0.3, -0.25) is 9.00 Å². The number of ketones is 1. The summed E-state index contributed by atoms with van der Waals surface area (Å²) in [7, 11) is -0.791. The molecule has 1 atom stereocenters. The van der Waals surface area contributed by atoms with Gasteiger partial charge in [0.2, 0.25) is 0 Å². The fourth-order valence-corrected chi connectivity index (χ4v) is 1.76. The highest BCUT2D eigenvalue weighted by Gasteiger charge is 2.04. The number of hydrogen-bond acceptors (Lipinski definition) is 2. The van der Waals surface area contributed by atoms with E-state index in [4.69, 9.17) is 0 Å². The van der Waals surface area contributed by atoms with E-state index in [0.29, 0.717) is 18.6 Å². The van der Waals surface area contributed by atoms with Crippen molar-refractivity contribution >= 4 is 16.6 Å². The molecule has 1 aromatic carbocycles. The number of carbonyl (C=O) groups is 1. The van der Waals surface area contributed by atoms with E-state index in [1.165, 1.54) is 0 Å². The zero-order valence-electron chi connectivity index (χ0n) is 8.23. The fourth-order valence-electron chi connectivity index (χ4n) is 1.20. The second-order valence-corrected chi connectivity index (χ2v) is 4.72. The zero-order valence-corrected chi connectivity index (χ0v) is 9.05. The third kappa shape index (κ3) is 3.83. The van der Waals surface area contributed by atoms with E-state index in [-0.39, 0.29) is 5.78 Å². The molecule has 76 valence electrons. The minimum Gasteiger partial charge on any atom is -0.294 e. The summed E-state index contributed by atoms with van der Waals surface area (Å²) in [6.07, 6.45) is 2.85. The lowest BCUT2D eigenvalue weighted by Gasteiger charge is -1.99. The van der Waals surface area contributed by atoms with Crippen molar-refractivity contribution in [2.75, 3.05) is 12.0 Å². The van der Waals surface area contributed by atoms with Crippen molar-refractivity contribution in [1.29, 1.82) is 0 Å². The topological polar surface area (TPSA) is 34.1 Å². The van der Waals surface area contributed by atoms with E-state index < -0.39 is 10.8 Å². The molecule has 0 spiro atoms. The largest absolute Gasteiger partial charge is 0.294 e. The molecule has 0 aromatic heterocycles. The Bertz CT molecular complexity index is 319. The molecule has 3 heteroatoms. The Balaban J connectivity index is 2.40. The van der Waals surface area contributed by atoms with Gasteiger partial charge in [-0.2, -0.15) is 0 Å². The summed E-state index contributed by atoms with van der Waals surface area (Å²) in [6.45, 7) is 0. The number of benzene rings is 1. The van der Waals surface area contributed by atoms with Crippen LogP contribution in [0.1, 0.15) is 23.2 Å². The average molecular weight is 210 g/mol. The third-order valence-corrected chi connectivity index (χ3v) is 2.79. The molecule has 0 saturated carbocycles. The Morgan fingerprint density at radius 2 is 1.93 bits per heavy atom. The smallest absolute Gasteiger partial charge is 0.162 e. The first-order valence-electron chi connectivity index (χ1n) is 4.58. The highest BCUT2D eigenvalue weighted by Crippen LogP contribution is 2.05. The molecule has 2 nitrogen and oxygen atoms in total. The third-order valence-electron chi connectivity index (χ3n) is 1.93. The summed E-state index contributed by atoms with van der Waals surface area (Å²) in [5.41, 5.74) is 0.745. The van der Waals surface area contributed by atoms with Crippen LogP contribution in [0.5, 0.6) is 0 Å². The molecule has 0 aliphatic rings. The van der Waals surface area contributed by atoms with E-state index in [1.807, 2.05) is 30.3 Å². The van der Waals surface area contributed by atoms with Crippen LogP contribution in [0.2, 0.25) is 0 Å². The van der Waals surface area contributed by atoms with Gasteiger partial charge in [-0.05, 0) is 6.42 Å². The molecule has 0 heterocycles. The average Bonchev–Trinajstić information content (AvgIpc) is 2.18. The van der Waals surface area contributed by atoms with Gasteiger partial charge < -0.3 is 0 Å². The molecule has 0 aliphatic carbocycles. The van der Waals surface area contributed by atoms with Crippen molar-refractivity contribution in [2.24, 2.45) is 0 Å². The highest BCUT2D eigenvalue weighted by molar-refractivity contribution is 7.84. The maximum atomic E-state index is 11.5. The maximum Gasteiger partial charge on any atom is 0.162 e. The van der Waals surface area contributed by atoms with Gasteiger partial charge in [-0.1, -0.05) is 30.3 Å². The number of hydrogen-bond donors (Lipinski definition) is 0. The van der Waals surface area contributed by atoms with Crippen LogP contribution in [0.15, 0.2) is 30.3 Å². The van der Waals surface area contributed by atoms with Crippen LogP contribution >= 0.6 is 0 Å². The first-order valence-corrected chi connectivity index (χ1v) is 6.31. The fraction of sp³-hybridized carbons (Fsp3) is 0.364. The number of rotatable bonds is 5. The lowest BCUT2D eigenvalue weighted by Crippen LogP contribution is -2.02. The van der Waals surface area contributed by atoms with Crippen LogP contribution in [0.4, 0.5) is 0 Å².